The lowest BCUT2D eigenvalue weighted by molar-refractivity contribution is -0.122. The molecule has 1 aromatic rings. The molecule has 0 bridgehead atoms. The van der Waals surface area contributed by atoms with Gasteiger partial charge in [-0.25, -0.2) is 0 Å². The van der Waals surface area contributed by atoms with E-state index >= 15 is 0 Å². The molecule has 0 unspecified atom stereocenters. The van der Waals surface area contributed by atoms with Crippen LogP contribution in [0.25, 0.3) is 0 Å². The van der Waals surface area contributed by atoms with Crippen LogP contribution in [0.3, 0.4) is 0 Å². The van der Waals surface area contributed by atoms with Crippen molar-refractivity contribution in [2.24, 2.45) is 0 Å². The molecule has 2 N–H and O–H groups in total. The minimum Gasteiger partial charge on any atom is -0.482 e. The predicted octanol–water partition coefficient (Wildman–Crippen LogP) is 0.907. The first-order valence-electron chi connectivity index (χ1n) is 6.49. The lowest BCUT2D eigenvalue weighted by Gasteiger charge is -2.13. The molecule has 1 amide bonds. The number of amides is 1. The molecule has 0 atom stereocenters. The molecular formula is C14H20N4O2. The highest BCUT2D eigenvalue weighted by Gasteiger charge is 2.09. The van der Waals surface area contributed by atoms with Gasteiger partial charge in [-0.3, -0.25) is 9.78 Å². The smallest absolute Gasteiger partial charge is 0.258 e. The Morgan fingerprint density at radius 3 is 2.90 bits per heavy atom. The highest BCUT2D eigenvalue weighted by Crippen LogP contribution is 2.16. The Balaban J connectivity index is 2.64. The Morgan fingerprint density at radius 1 is 1.50 bits per heavy atom. The summed E-state index contributed by atoms with van der Waals surface area (Å²) in [5.74, 6) is 0.255. The molecule has 0 fully saturated rings. The highest BCUT2D eigenvalue weighted by molar-refractivity contribution is 5.77. The molecule has 1 rings (SSSR count). The van der Waals surface area contributed by atoms with Crippen molar-refractivity contribution in [3.05, 3.63) is 23.5 Å². The summed E-state index contributed by atoms with van der Waals surface area (Å²) in [6.07, 6.45) is 0. The van der Waals surface area contributed by atoms with Crippen LogP contribution < -0.4 is 15.4 Å². The largest absolute Gasteiger partial charge is 0.482 e. The van der Waals surface area contributed by atoms with Gasteiger partial charge in [-0.1, -0.05) is 13.8 Å². The SMILES string of the molecule is Cc1ccc(OCC(=O)NCC#N)c(CNC(C)C)n1. The number of aromatic nitrogens is 1. The van der Waals surface area contributed by atoms with Crippen LogP contribution in [0.2, 0.25) is 0 Å². The van der Waals surface area contributed by atoms with E-state index in [0.29, 0.717) is 18.3 Å². The number of ether oxygens (including phenoxy) is 1. The summed E-state index contributed by atoms with van der Waals surface area (Å²) in [6.45, 7) is 6.44. The van der Waals surface area contributed by atoms with Crippen LogP contribution >= 0.6 is 0 Å². The second kappa shape index (κ2) is 8.12. The zero-order valence-corrected chi connectivity index (χ0v) is 12.1. The van der Waals surface area contributed by atoms with Gasteiger partial charge in [-0.15, -0.1) is 0 Å². The molecule has 0 spiro atoms. The number of carbonyl (C=O) groups excluding carboxylic acids is 1. The molecule has 6 nitrogen and oxygen atoms in total. The molecular weight excluding hydrogens is 256 g/mol. The second-order valence-corrected chi connectivity index (χ2v) is 4.66. The second-order valence-electron chi connectivity index (χ2n) is 4.66. The normalized spacial score (nSPS) is 10.2. The Bertz CT molecular complexity index is 494. The molecule has 0 aliphatic heterocycles. The molecule has 0 aromatic carbocycles. The van der Waals surface area contributed by atoms with Crippen molar-refractivity contribution in [1.82, 2.24) is 15.6 Å². The van der Waals surface area contributed by atoms with Gasteiger partial charge in [0.25, 0.3) is 5.91 Å². The van der Waals surface area contributed by atoms with Gasteiger partial charge in [-0.05, 0) is 19.1 Å². The highest BCUT2D eigenvalue weighted by atomic mass is 16.5. The zero-order chi connectivity index (χ0) is 15.0. The van der Waals surface area contributed by atoms with Gasteiger partial charge in [0.15, 0.2) is 6.61 Å². The standard InChI is InChI=1S/C14H20N4O2/c1-10(2)17-8-12-13(5-4-11(3)18-12)20-9-14(19)16-7-6-15/h4-5,10,17H,7-9H2,1-3H3,(H,16,19). The molecule has 0 aliphatic carbocycles. The van der Waals surface area contributed by atoms with E-state index in [0.717, 1.165) is 11.4 Å². The summed E-state index contributed by atoms with van der Waals surface area (Å²) in [6, 6.07) is 5.81. The maximum absolute atomic E-state index is 11.4. The van der Waals surface area contributed by atoms with E-state index in [4.69, 9.17) is 10.00 Å². The van der Waals surface area contributed by atoms with Crippen molar-refractivity contribution in [2.45, 2.75) is 33.4 Å². The monoisotopic (exact) mass is 276 g/mol. The number of aryl methyl sites for hydroxylation is 1. The molecule has 0 radical (unpaired) electrons. The third-order valence-corrected chi connectivity index (χ3v) is 2.47. The number of rotatable bonds is 7. The number of nitriles is 1. The average Bonchev–Trinajstić information content (AvgIpc) is 2.41. The van der Waals surface area contributed by atoms with Gasteiger partial charge < -0.3 is 15.4 Å². The summed E-state index contributed by atoms with van der Waals surface area (Å²) in [7, 11) is 0. The van der Waals surface area contributed by atoms with Crippen LogP contribution in [0.5, 0.6) is 5.75 Å². The van der Waals surface area contributed by atoms with Crippen LogP contribution in [-0.4, -0.2) is 30.1 Å². The Labute approximate surface area is 119 Å². The first kappa shape index (κ1) is 15.9. The number of hydrogen-bond acceptors (Lipinski definition) is 5. The van der Waals surface area contributed by atoms with Crippen LogP contribution in [0.1, 0.15) is 25.2 Å². The third kappa shape index (κ3) is 5.67. The summed E-state index contributed by atoms with van der Waals surface area (Å²) in [4.78, 5) is 15.8. The molecule has 20 heavy (non-hydrogen) atoms. The first-order valence-corrected chi connectivity index (χ1v) is 6.49. The number of nitrogens with one attached hydrogen (secondary N) is 2. The Hall–Kier alpha value is -2.13. The van der Waals surface area contributed by atoms with E-state index in [-0.39, 0.29) is 19.1 Å². The minimum atomic E-state index is -0.324. The van der Waals surface area contributed by atoms with Crippen LogP contribution in [-0.2, 0) is 11.3 Å². The summed E-state index contributed by atoms with van der Waals surface area (Å²) in [5, 5.41) is 14.1. The molecule has 108 valence electrons. The molecule has 6 heteroatoms. The lowest BCUT2D eigenvalue weighted by atomic mass is 10.2. The molecule has 0 saturated heterocycles. The molecule has 0 aliphatic rings. The van der Waals surface area contributed by atoms with Gasteiger partial charge in [-0.2, -0.15) is 5.26 Å². The first-order chi connectivity index (χ1) is 9.52. The van der Waals surface area contributed by atoms with E-state index in [1.54, 1.807) is 6.07 Å². The quantitative estimate of drug-likeness (QED) is 0.723. The van der Waals surface area contributed by atoms with Crippen LogP contribution in [0.15, 0.2) is 12.1 Å². The molecule has 1 aromatic heterocycles. The van der Waals surface area contributed by atoms with Gasteiger partial charge in [0.1, 0.15) is 12.3 Å². The van der Waals surface area contributed by atoms with Gasteiger partial charge >= 0.3 is 0 Å². The van der Waals surface area contributed by atoms with E-state index in [1.807, 2.05) is 32.9 Å². The topological polar surface area (TPSA) is 87.0 Å². The summed E-state index contributed by atoms with van der Waals surface area (Å²) in [5.41, 5.74) is 1.67. The van der Waals surface area contributed by atoms with Crippen LogP contribution in [0, 0.1) is 18.3 Å². The zero-order valence-electron chi connectivity index (χ0n) is 12.1. The van der Waals surface area contributed by atoms with Crippen molar-refractivity contribution in [1.29, 1.82) is 5.26 Å². The predicted molar refractivity (Wildman–Crippen MR) is 75.1 cm³/mol. The fourth-order valence-corrected chi connectivity index (χ4v) is 1.49. The summed E-state index contributed by atoms with van der Waals surface area (Å²) >= 11 is 0. The summed E-state index contributed by atoms with van der Waals surface area (Å²) < 4.78 is 5.46. The maximum Gasteiger partial charge on any atom is 0.258 e. The number of nitrogens with zero attached hydrogens (tertiary/aromatic N) is 2. The van der Waals surface area contributed by atoms with Crippen molar-refractivity contribution in [2.75, 3.05) is 13.2 Å². The van der Waals surface area contributed by atoms with E-state index < -0.39 is 0 Å². The number of pyridine rings is 1. The van der Waals surface area contributed by atoms with E-state index in [2.05, 4.69) is 15.6 Å². The number of hydrogen-bond donors (Lipinski definition) is 2. The van der Waals surface area contributed by atoms with Gasteiger partial charge in [0.2, 0.25) is 0 Å². The van der Waals surface area contributed by atoms with E-state index in [9.17, 15) is 4.79 Å². The lowest BCUT2D eigenvalue weighted by Crippen LogP contribution is -2.29. The van der Waals surface area contributed by atoms with Crippen molar-refractivity contribution < 1.29 is 9.53 Å². The van der Waals surface area contributed by atoms with Crippen molar-refractivity contribution in [3.8, 4) is 11.8 Å². The van der Waals surface area contributed by atoms with Crippen molar-refractivity contribution >= 4 is 5.91 Å². The molecule has 0 saturated carbocycles. The van der Waals surface area contributed by atoms with E-state index in [1.165, 1.54) is 0 Å². The Kier molecular flexibility index (Phi) is 6.47. The van der Waals surface area contributed by atoms with Crippen molar-refractivity contribution in [3.63, 3.8) is 0 Å². The molecule has 1 heterocycles. The fraction of sp³-hybridized carbons (Fsp3) is 0.500. The van der Waals surface area contributed by atoms with Gasteiger partial charge in [0, 0.05) is 18.3 Å². The minimum absolute atomic E-state index is 0.0178. The third-order valence-electron chi connectivity index (χ3n) is 2.47. The maximum atomic E-state index is 11.4. The average molecular weight is 276 g/mol. The van der Waals surface area contributed by atoms with Gasteiger partial charge in [0.05, 0.1) is 11.8 Å². The number of carbonyl (C=O) groups is 1. The Morgan fingerprint density at radius 2 is 2.25 bits per heavy atom. The van der Waals surface area contributed by atoms with Crippen LogP contribution in [0.4, 0.5) is 0 Å². The fourth-order valence-electron chi connectivity index (χ4n) is 1.49.